The Morgan fingerprint density at radius 1 is 1.00 bits per heavy atom. The molecule has 1 saturated carbocycles. The number of carbonyl (C=O) groups is 1. The van der Waals surface area contributed by atoms with Crippen LogP contribution in [0.1, 0.15) is 52.9 Å². The predicted molar refractivity (Wildman–Crippen MR) is 80.5 cm³/mol. The van der Waals surface area contributed by atoms with E-state index in [1.165, 1.54) is 6.42 Å². The zero-order valence-electron chi connectivity index (χ0n) is 13.1. The van der Waals surface area contributed by atoms with Crippen LogP contribution in [0.2, 0.25) is 0 Å². The molecule has 0 spiro atoms. The number of aldehydes is 1. The van der Waals surface area contributed by atoms with Gasteiger partial charge < -0.3 is 23.4 Å². The topological polar surface area (TPSA) is 56.8 Å². The van der Waals surface area contributed by atoms with Crippen molar-refractivity contribution in [2.45, 2.75) is 58.4 Å². The number of nitrogens with one attached hydrogen (secondary N) is 1. The maximum absolute atomic E-state index is 11.5. The Balaban J connectivity index is 2.69. The van der Waals surface area contributed by atoms with E-state index < -0.39 is 14.3 Å². The van der Waals surface area contributed by atoms with E-state index in [1.807, 2.05) is 20.8 Å². The van der Waals surface area contributed by atoms with E-state index in [-0.39, 0.29) is 0 Å². The van der Waals surface area contributed by atoms with Gasteiger partial charge in [-0.15, -0.1) is 0 Å². The van der Waals surface area contributed by atoms with E-state index >= 15 is 0 Å². The third-order valence-corrected chi connectivity index (χ3v) is 6.52. The van der Waals surface area contributed by atoms with Gasteiger partial charge in [0.05, 0.1) is 11.7 Å². The molecule has 1 rings (SSSR count). The van der Waals surface area contributed by atoms with Crippen molar-refractivity contribution < 1.29 is 18.1 Å². The Kier molecular flexibility index (Phi) is 7.90. The van der Waals surface area contributed by atoms with Gasteiger partial charge in [-0.05, 0) is 33.6 Å². The lowest BCUT2D eigenvalue weighted by Crippen LogP contribution is -2.60. The predicted octanol–water partition coefficient (Wildman–Crippen LogP) is 2.07. The molecule has 6 heteroatoms. The summed E-state index contributed by atoms with van der Waals surface area (Å²) in [6.45, 7) is 7.49. The van der Waals surface area contributed by atoms with Gasteiger partial charge >= 0.3 is 8.80 Å². The monoisotopic (exact) mass is 303 g/mol. The van der Waals surface area contributed by atoms with Crippen molar-refractivity contribution in [2.24, 2.45) is 0 Å². The molecule has 0 aliphatic heterocycles. The fourth-order valence-electron chi connectivity index (χ4n) is 2.74. The third kappa shape index (κ3) is 4.93. The minimum absolute atomic E-state index is 0.415. The van der Waals surface area contributed by atoms with Crippen molar-refractivity contribution in [2.75, 3.05) is 26.0 Å². The van der Waals surface area contributed by atoms with Gasteiger partial charge in [0.25, 0.3) is 0 Å². The zero-order valence-corrected chi connectivity index (χ0v) is 14.1. The van der Waals surface area contributed by atoms with E-state index in [0.29, 0.717) is 26.0 Å². The highest BCUT2D eigenvalue weighted by Crippen LogP contribution is 2.27. The second-order valence-corrected chi connectivity index (χ2v) is 7.76. The summed E-state index contributed by atoms with van der Waals surface area (Å²) in [5, 5.41) is 3.40. The lowest BCUT2D eigenvalue weighted by Gasteiger charge is -2.36. The first-order valence-electron chi connectivity index (χ1n) is 7.79. The van der Waals surface area contributed by atoms with Crippen LogP contribution in [0, 0.1) is 0 Å². The van der Waals surface area contributed by atoms with Crippen molar-refractivity contribution in [1.82, 2.24) is 5.32 Å². The van der Waals surface area contributed by atoms with E-state index in [0.717, 1.165) is 32.0 Å². The Bertz CT molecular complexity index is 265. The molecule has 1 fully saturated rings. The Morgan fingerprint density at radius 2 is 1.50 bits per heavy atom. The molecule has 1 N–H and O–H groups in total. The third-order valence-electron chi connectivity index (χ3n) is 3.72. The quantitative estimate of drug-likeness (QED) is 0.494. The normalized spacial score (nSPS) is 18.9. The first-order valence-corrected chi connectivity index (χ1v) is 9.72. The van der Waals surface area contributed by atoms with Crippen LogP contribution in [-0.4, -0.2) is 46.6 Å². The van der Waals surface area contributed by atoms with E-state index in [1.54, 1.807) is 0 Å². The molecular weight excluding hydrogens is 274 g/mol. The minimum atomic E-state index is -2.71. The summed E-state index contributed by atoms with van der Waals surface area (Å²) in [7, 11) is -2.71. The Labute approximate surface area is 123 Å². The van der Waals surface area contributed by atoms with Crippen molar-refractivity contribution >= 4 is 15.1 Å². The highest BCUT2D eigenvalue weighted by atomic mass is 28.4. The van der Waals surface area contributed by atoms with Crippen molar-refractivity contribution in [3.63, 3.8) is 0 Å². The van der Waals surface area contributed by atoms with Gasteiger partial charge in [0, 0.05) is 19.8 Å². The van der Waals surface area contributed by atoms with Gasteiger partial charge in [0.2, 0.25) is 0 Å². The maximum atomic E-state index is 11.5. The van der Waals surface area contributed by atoms with Gasteiger partial charge in [0.1, 0.15) is 6.29 Å². The molecule has 5 nitrogen and oxygen atoms in total. The fraction of sp³-hybridized carbons (Fsp3) is 0.929. The van der Waals surface area contributed by atoms with E-state index in [9.17, 15) is 4.79 Å². The van der Waals surface area contributed by atoms with Crippen LogP contribution in [0.15, 0.2) is 0 Å². The van der Waals surface area contributed by atoms with Gasteiger partial charge in [0.15, 0.2) is 0 Å². The number of carbonyl (C=O) groups excluding carboxylic acids is 1. The second-order valence-electron chi connectivity index (χ2n) is 5.17. The summed E-state index contributed by atoms with van der Waals surface area (Å²) in [6.07, 6.45) is 6.76. The molecule has 0 aromatic rings. The maximum Gasteiger partial charge on any atom is 0.515 e. The molecule has 0 aromatic carbocycles. The fourth-order valence-corrected chi connectivity index (χ4v) is 5.19. The first-order chi connectivity index (χ1) is 9.66. The number of hydrogen-bond acceptors (Lipinski definition) is 5. The van der Waals surface area contributed by atoms with Crippen LogP contribution >= 0.6 is 0 Å². The average Bonchev–Trinajstić information content (AvgIpc) is 2.47. The molecule has 0 amide bonds. The molecule has 0 unspecified atom stereocenters. The molecule has 0 atom stereocenters. The summed E-state index contributed by atoms with van der Waals surface area (Å²) >= 11 is 0. The summed E-state index contributed by atoms with van der Waals surface area (Å²) < 4.78 is 17.4. The summed E-state index contributed by atoms with van der Waals surface area (Å²) in [4.78, 5) is 11.5. The number of hydrogen-bond donors (Lipinski definition) is 1. The molecule has 0 radical (unpaired) electrons. The smallest absolute Gasteiger partial charge is 0.373 e. The summed E-state index contributed by atoms with van der Waals surface area (Å²) in [6, 6.07) is 0. The molecular formula is C14H29NO4Si. The molecule has 1 aliphatic carbocycles. The molecule has 0 aromatic heterocycles. The average molecular weight is 303 g/mol. The first kappa shape index (κ1) is 17.8. The Morgan fingerprint density at radius 3 is 1.90 bits per heavy atom. The van der Waals surface area contributed by atoms with Crippen LogP contribution in [0.25, 0.3) is 0 Å². The highest BCUT2D eigenvalue weighted by Gasteiger charge is 2.43. The Hall–Kier alpha value is -0.273. The number of rotatable bonds is 10. The summed E-state index contributed by atoms with van der Waals surface area (Å²) in [5.74, 6) is 0. The minimum Gasteiger partial charge on any atom is -0.373 e. The zero-order chi connectivity index (χ0) is 14.9. The SMILES string of the molecule is CCO[Si](CNC1(C=O)CCCCC1)(OCC)OCC. The van der Waals surface area contributed by atoms with E-state index in [2.05, 4.69) is 5.32 Å². The largest absolute Gasteiger partial charge is 0.515 e. The van der Waals surface area contributed by atoms with Crippen LogP contribution < -0.4 is 5.32 Å². The van der Waals surface area contributed by atoms with Crippen LogP contribution in [0.3, 0.4) is 0 Å². The van der Waals surface area contributed by atoms with Gasteiger partial charge in [-0.3, -0.25) is 0 Å². The van der Waals surface area contributed by atoms with Crippen molar-refractivity contribution in [1.29, 1.82) is 0 Å². The molecule has 0 saturated heterocycles. The van der Waals surface area contributed by atoms with Crippen molar-refractivity contribution in [3.05, 3.63) is 0 Å². The molecule has 118 valence electrons. The molecule has 20 heavy (non-hydrogen) atoms. The van der Waals surface area contributed by atoms with Crippen LogP contribution in [0.5, 0.6) is 0 Å². The second kappa shape index (κ2) is 8.89. The molecule has 0 heterocycles. The molecule has 0 bridgehead atoms. The van der Waals surface area contributed by atoms with Crippen LogP contribution in [0.4, 0.5) is 0 Å². The summed E-state index contributed by atoms with van der Waals surface area (Å²) in [5.41, 5.74) is -0.415. The lowest BCUT2D eigenvalue weighted by atomic mass is 9.83. The van der Waals surface area contributed by atoms with Crippen LogP contribution in [-0.2, 0) is 18.1 Å². The van der Waals surface area contributed by atoms with Gasteiger partial charge in [-0.1, -0.05) is 19.3 Å². The van der Waals surface area contributed by atoms with Crippen molar-refractivity contribution in [3.8, 4) is 0 Å². The standard InChI is InChI=1S/C14H29NO4Si/c1-4-17-20(18-5-2,19-6-3)13-15-14(12-16)10-8-7-9-11-14/h12,15H,4-11,13H2,1-3H3. The molecule has 1 aliphatic rings. The lowest BCUT2D eigenvalue weighted by molar-refractivity contribution is -0.114. The van der Waals surface area contributed by atoms with Gasteiger partial charge in [-0.25, -0.2) is 0 Å². The van der Waals surface area contributed by atoms with Gasteiger partial charge in [-0.2, -0.15) is 0 Å². The highest BCUT2D eigenvalue weighted by molar-refractivity contribution is 6.61. The van der Waals surface area contributed by atoms with E-state index in [4.69, 9.17) is 13.3 Å².